The summed E-state index contributed by atoms with van der Waals surface area (Å²) in [6, 6.07) is 0.595. The zero-order chi connectivity index (χ0) is 10.5. The van der Waals surface area contributed by atoms with Gasteiger partial charge in [0.1, 0.15) is 0 Å². The molecule has 0 fully saturated rings. The second-order valence-corrected chi connectivity index (χ2v) is 4.45. The molecule has 0 aromatic carbocycles. The lowest BCUT2D eigenvalue weighted by Gasteiger charge is -2.40. The maximum Gasteiger partial charge on any atom is 0.0300 e. The topological polar surface area (TPSA) is 15.3 Å². The predicted molar refractivity (Wildman–Crippen MR) is 60.1 cm³/mol. The third-order valence-corrected chi connectivity index (χ3v) is 3.03. The van der Waals surface area contributed by atoms with Crippen molar-refractivity contribution in [3.8, 4) is 0 Å². The van der Waals surface area contributed by atoms with E-state index in [1.54, 1.807) is 0 Å². The average molecular weight is 186 g/mol. The number of rotatable bonds is 6. The van der Waals surface area contributed by atoms with E-state index >= 15 is 0 Å². The Balaban J connectivity index is 4.31. The van der Waals surface area contributed by atoms with Gasteiger partial charge in [-0.1, -0.05) is 20.3 Å². The highest BCUT2D eigenvalue weighted by Gasteiger charge is 2.29. The second kappa shape index (κ2) is 5.61. The molecule has 2 nitrogen and oxygen atoms in total. The van der Waals surface area contributed by atoms with Crippen molar-refractivity contribution in [1.82, 2.24) is 10.2 Å². The molecule has 0 saturated carbocycles. The first kappa shape index (κ1) is 12.9. The first-order valence-corrected chi connectivity index (χ1v) is 5.37. The van der Waals surface area contributed by atoms with Crippen LogP contribution in [0.5, 0.6) is 0 Å². The molecule has 0 radical (unpaired) electrons. The Morgan fingerprint density at radius 3 is 2.08 bits per heavy atom. The van der Waals surface area contributed by atoms with E-state index in [2.05, 4.69) is 52.0 Å². The van der Waals surface area contributed by atoms with Gasteiger partial charge < -0.3 is 10.2 Å². The van der Waals surface area contributed by atoms with Crippen LogP contribution in [0.2, 0.25) is 0 Å². The van der Waals surface area contributed by atoms with Crippen LogP contribution < -0.4 is 5.32 Å². The standard InChI is InChI=1S/C11H26N2/c1-7-9-10(12-8-2)11(3,4)13(5)6/h10,12H,7-9H2,1-6H3. The molecular formula is C11H26N2. The molecule has 2 heteroatoms. The predicted octanol–water partition coefficient (Wildman–Crippen LogP) is 2.10. The molecule has 0 aliphatic heterocycles. The first-order chi connectivity index (χ1) is 5.96. The van der Waals surface area contributed by atoms with Gasteiger partial charge in [0.2, 0.25) is 0 Å². The van der Waals surface area contributed by atoms with Crippen LogP contribution in [0, 0.1) is 0 Å². The quantitative estimate of drug-likeness (QED) is 0.683. The average Bonchev–Trinajstić information content (AvgIpc) is 2.03. The highest BCUT2D eigenvalue weighted by molar-refractivity contribution is 4.90. The first-order valence-electron chi connectivity index (χ1n) is 5.37. The lowest BCUT2D eigenvalue weighted by atomic mass is 9.90. The third kappa shape index (κ3) is 3.65. The monoisotopic (exact) mass is 186 g/mol. The van der Waals surface area contributed by atoms with Gasteiger partial charge in [-0.25, -0.2) is 0 Å². The number of hydrogen-bond acceptors (Lipinski definition) is 2. The molecule has 0 spiro atoms. The van der Waals surface area contributed by atoms with Crippen LogP contribution in [-0.4, -0.2) is 37.1 Å². The molecule has 0 rings (SSSR count). The summed E-state index contributed by atoms with van der Waals surface area (Å²) in [5.41, 5.74) is 0.242. The van der Waals surface area contributed by atoms with Gasteiger partial charge in [0, 0.05) is 11.6 Å². The van der Waals surface area contributed by atoms with Gasteiger partial charge in [-0.15, -0.1) is 0 Å². The Kier molecular flexibility index (Phi) is 5.57. The summed E-state index contributed by atoms with van der Waals surface area (Å²) in [6.45, 7) is 10.1. The summed E-state index contributed by atoms with van der Waals surface area (Å²) >= 11 is 0. The number of likely N-dealkylation sites (N-methyl/N-ethyl adjacent to an activating group) is 2. The zero-order valence-corrected chi connectivity index (χ0v) is 10.1. The summed E-state index contributed by atoms with van der Waals surface area (Å²) < 4.78 is 0. The van der Waals surface area contributed by atoms with Crippen molar-refractivity contribution in [3.63, 3.8) is 0 Å². The minimum atomic E-state index is 0.242. The molecule has 1 N–H and O–H groups in total. The summed E-state index contributed by atoms with van der Waals surface area (Å²) in [5.74, 6) is 0. The van der Waals surface area contributed by atoms with E-state index in [9.17, 15) is 0 Å². The largest absolute Gasteiger partial charge is 0.312 e. The van der Waals surface area contributed by atoms with Crippen LogP contribution >= 0.6 is 0 Å². The van der Waals surface area contributed by atoms with E-state index in [-0.39, 0.29) is 5.54 Å². The van der Waals surface area contributed by atoms with E-state index in [0.717, 1.165) is 6.54 Å². The molecule has 0 bridgehead atoms. The van der Waals surface area contributed by atoms with Crippen molar-refractivity contribution in [2.24, 2.45) is 0 Å². The molecule has 0 aromatic heterocycles. The molecular weight excluding hydrogens is 160 g/mol. The fraction of sp³-hybridized carbons (Fsp3) is 1.00. The minimum absolute atomic E-state index is 0.242. The zero-order valence-electron chi connectivity index (χ0n) is 10.1. The Labute approximate surface area is 83.7 Å². The molecule has 1 atom stereocenters. The van der Waals surface area contributed by atoms with E-state index in [1.807, 2.05) is 0 Å². The van der Waals surface area contributed by atoms with Crippen LogP contribution in [0.1, 0.15) is 40.5 Å². The van der Waals surface area contributed by atoms with Crippen LogP contribution in [0.25, 0.3) is 0 Å². The van der Waals surface area contributed by atoms with Crippen molar-refractivity contribution in [2.75, 3.05) is 20.6 Å². The van der Waals surface area contributed by atoms with E-state index < -0.39 is 0 Å². The molecule has 0 amide bonds. The SMILES string of the molecule is CCCC(NCC)C(C)(C)N(C)C. The number of nitrogens with one attached hydrogen (secondary N) is 1. The summed E-state index contributed by atoms with van der Waals surface area (Å²) in [6.07, 6.45) is 2.49. The van der Waals surface area contributed by atoms with Gasteiger partial charge in [0.15, 0.2) is 0 Å². The van der Waals surface area contributed by atoms with Crippen molar-refractivity contribution in [3.05, 3.63) is 0 Å². The van der Waals surface area contributed by atoms with Crippen LogP contribution in [-0.2, 0) is 0 Å². The van der Waals surface area contributed by atoms with Gasteiger partial charge in [0.25, 0.3) is 0 Å². The van der Waals surface area contributed by atoms with E-state index in [0.29, 0.717) is 6.04 Å². The maximum atomic E-state index is 3.56. The summed E-state index contributed by atoms with van der Waals surface area (Å²) in [5, 5.41) is 3.56. The smallest absolute Gasteiger partial charge is 0.0300 e. The lowest BCUT2D eigenvalue weighted by Crippen LogP contribution is -2.55. The summed E-state index contributed by atoms with van der Waals surface area (Å²) in [4.78, 5) is 2.30. The maximum absolute atomic E-state index is 3.56. The van der Waals surface area contributed by atoms with Gasteiger partial charge in [-0.3, -0.25) is 0 Å². The highest BCUT2D eigenvalue weighted by atomic mass is 15.2. The Morgan fingerprint density at radius 1 is 1.23 bits per heavy atom. The van der Waals surface area contributed by atoms with Crippen molar-refractivity contribution >= 4 is 0 Å². The van der Waals surface area contributed by atoms with Gasteiger partial charge in [-0.2, -0.15) is 0 Å². The molecule has 0 saturated heterocycles. The van der Waals surface area contributed by atoms with Crippen LogP contribution in [0.4, 0.5) is 0 Å². The summed E-state index contributed by atoms with van der Waals surface area (Å²) in [7, 11) is 4.31. The van der Waals surface area contributed by atoms with Crippen LogP contribution in [0.15, 0.2) is 0 Å². The van der Waals surface area contributed by atoms with Gasteiger partial charge >= 0.3 is 0 Å². The van der Waals surface area contributed by atoms with Crippen molar-refractivity contribution in [2.45, 2.75) is 52.1 Å². The molecule has 1 unspecified atom stereocenters. The Morgan fingerprint density at radius 2 is 1.77 bits per heavy atom. The second-order valence-electron chi connectivity index (χ2n) is 4.45. The molecule has 0 aliphatic rings. The van der Waals surface area contributed by atoms with E-state index in [1.165, 1.54) is 12.8 Å². The van der Waals surface area contributed by atoms with E-state index in [4.69, 9.17) is 0 Å². The molecule has 0 heterocycles. The van der Waals surface area contributed by atoms with Crippen molar-refractivity contribution < 1.29 is 0 Å². The molecule has 13 heavy (non-hydrogen) atoms. The molecule has 0 aliphatic carbocycles. The van der Waals surface area contributed by atoms with Crippen LogP contribution in [0.3, 0.4) is 0 Å². The fourth-order valence-electron chi connectivity index (χ4n) is 1.55. The number of nitrogens with zero attached hydrogens (tertiary/aromatic N) is 1. The molecule has 80 valence electrons. The highest BCUT2D eigenvalue weighted by Crippen LogP contribution is 2.19. The van der Waals surface area contributed by atoms with Crippen molar-refractivity contribution in [1.29, 1.82) is 0 Å². The fourth-order valence-corrected chi connectivity index (χ4v) is 1.55. The normalized spacial score (nSPS) is 15.0. The Hall–Kier alpha value is -0.0800. The number of hydrogen-bond donors (Lipinski definition) is 1. The third-order valence-electron chi connectivity index (χ3n) is 3.03. The lowest BCUT2D eigenvalue weighted by molar-refractivity contribution is 0.132. The minimum Gasteiger partial charge on any atom is -0.312 e. The Bertz CT molecular complexity index is 124. The van der Waals surface area contributed by atoms with Gasteiger partial charge in [-0.05, 0) is 40.9 Å². The van der Waals surface area contributed by atoms with Gasteiger partial charge in [0.05, 0.1) is 0 Å². The molecule has 0 aromatic rings.